The van der Waals surface area contributed by atoms with E-state index in [0.29, 0.717) is 12.1 Å². The van der Waals surface area contributed by atoms with E-state index in [2.05, 4.69) is 20.6 Å². The summed E-state index contributed by atoms with van der Waals surface area (Å²) in [4.78, 5) is 20.2. The first-order valence-electron chi connectivity index (χ1n) is 5.52. The topological polar surface area (TPSA) is 66.9 Å². The normalized spacial score (nSPS) is 10.1. The molecule has 1 amide bonds. The molecule has 0 aliphatic rings. The van der Waals surface area contributed by atoms with E-state index in [-0.39, 0.29) is 5.91 Å². The van der Waals surface area contributed by atoms with Crippen molar-refractivity contribution in [3.8, 4) is 0 Å². The summed E-state index contributed by atoms with van der Waals surface area (Å²) < 4.78 is 0. The van der Waals surface area contributed by atoms with Crippen LogP contribution in [0, 0.1) is 6.92 Å². The molecule has 2 aromatic heterocycles. The lowest BCUT2D eigenvalue weighted by atomic mass is 10.2. The van der Waals surface area contributed by atoms with E-state index in [1.807, 2.05) is 12.3 Å². The Hall–Kier alpha value is -1.95. The second-order valence-electron chi connectivity index (χ2n) is 3.75. The third-order valence-corrected chi connectivity index (χ3v) is 3.32. The number of thiazole rings is 1. The first kappa shape index (κ1) is 12.5. The van der Waals surface area contributed by atoms with Crippen LogP contribution in [0.4, 0.5) is 5.82 Å². The lowest BCUT2D eigenvalue weighted by Crippen LogP contribution is -2.22. The van der Waals surface area contributed by atoms with Crippen molar-refractivity contribution >= 4 is 23.1 Å². The highest BCUT2D eigenvalue weighted by Gasteiger charge is 2.06. The van der Waals surface area contributed by atoms with Gasteiger partial charge in [-0.1, -0.05) is 0 Å². The highest BCUT2D eigenvalue weighted by Crippen LogP contribution is 2.09. The number of hydrogen-bond acceptors (Lipinski definition) is 5. The van der Waals surface area contributed by atoms with Crippen molar-refractivity contribution in [2.24, 2.45) is 0 Å². The first-order valence-corrected chi connectivity index (χ1v) is 6.40. The Morgan fingerprint density at radius 2 is 2.28 bits per heavy atom. The molecule has 0 radical (unpaired) electrons. The Morgan fingerprint density at radius 1 is 1.44 bits per heavy atom. The van der Waals surface area contributed by atoms with Crippen LogP contribution in [-0.2, 0) is 6.54 Å². The lowest BCUT2D eigenvalue weighted by Gasteiger charge is -2.04. The van der Waals surface area contributed by atoms with E-state index in [9.17, 15) is 4.79 Å². The van der Waals surface area contributed by atoms with Gasteiger partial charge in [-0.25, -0.2) is 9.97 Å². The molecule has 0 saturated carbocycles. The molecule has 0 atom stereocenters. The highest BCUT2D eigenvalue weighted by molar-refractivity contribution is 7.09. The van der Waals surface area contributed by atoms with Crippen LogP contribution in [-0.4, -0.2) is 22.9 Å². The number of anilines is 1. The zero-order valence-corrected chi connectivity index (χ0v) is 11.0. The standard InChI is InChI=1S/C12H14N4OS/c1-8-7-18-11(16-8)6-15-12(17)9-3-4-10(13-2)14-5-9/h3-5,7H,6H2,1-2H3,(H,13,14)(H,15,17). The van der Waals surface area contributed by atoms with Gasteiger partial charge in [0.2, 0.25) is 0 Å². The minimum Gasteiger partial charge on any atom is -0.373 e. The van der Waals surface area contributed by atoms with Gasteiger partial charge in [-0.2, -0.15) is 0 Å². The molecule has 0 aromatic carbocycles. The molecule has 0 unspecified atom stereocenters. The van der Waals surface area contributed by atoms with Gasteiger partial charge in [-0.3, -0.25) is 4.79 Å². The van der Waals surface area contributed by atoms with Gasteiger partial charge in [0.1, 0.15) is 10.8 Å². The average Bonchev–Trinajstić information content (AvgIpc) is 2.82. The molecule has 2 N–H and O–H groups in total. The number of carbonyl (C=O) groups excluding carboxylic acids is 1. The number of carbonyl (C=O) groups is 1. The van der Waals surface area contributed by atoms with Crippen molar-refractivity contribution in [3.05, 3.63) is 40.0 Å². The summed E-state index contributed by atoms with van der Waals surface area (Å²) in [5.74, 6) is 0.597. The Morgan fingerprint density at radius 3 is 2.83 bits per heavy atom. The first-order chi connectivity index (χ1) is 8.69. The van der Waals surface area contributed by atoms with Gasteiger partial charge < -0.3 is 10.6 Å². The van der Waals surface area contributed by atoms with Crippen molar-refractivity contribution in [3.63, 3.8) is 0 Å². The fourth-order valence-corrected chi connectivity index (χ4v) is 2.13. The molecule has 18 heavy (non-hydrogen) atoms. The third-order valence-electron chi connectivity index (χ3n) is 2.35. The summed E-state index contributed by atoms with van der Waals surface area (Å²) in [6, 6.07) is 3.50. The molecule has 6 heteroatoms. The van der Waals surface area contributed by atoms with E-state index in [1.54, 1.807) is 36.7 Å². The van der Waals surface area contributed by atoms with E-state index in [0.717, 1.165) is 16.5 Å². The molecule has 0 saturated heterocycles. The van der Waals surface area contributed by atoms with Gasteiger partial charge in [-0.15, -0.1) is 11.3 Å². The van der Waals surface area contributed by atoms with Gasteiger partial charge in [0.15, 0.2) is 0 Å². The van der Waals surface area contributed by atoms with Gasteiger partial charge in [0.05, 0.1) is 12.1 Å². The number of hydrogen-bond donors (Lipinski definition) is 2. The zero-order chi connectivity index (χ0) is 13.0. The van der Waals surface area contributed by atoms with Crippen LogP contribution in [0.25, 0.3) is 0 Å². The summed E-state index contributed by atoms with van der Waals surface area (Å²) in [7, 11) is 1.78. The molecule has 0 aliphatic carbocycles. The van der Waals surface area contributed by atoms with E-state index < -0.39 is 0 Å². The molecule has 2 aromatic rings. The Bertz CT molecular complexity index is 535. The molecule has 0 bridgehead atoms. The summed E-state index contributed by atoms with van der Waals surface area (Å²) in [5, 5.41) is 8.58. The molecule has 2 rings (SSSR count). The van der Waals surface area contributed by atoms with E-state index in [1.165, 1.54) is 0 Å². The molecule has 0 spiro atoms. The van der Waals surface area contributed by atoms with Crippen LogP contribution in [0.1, 0.15) is 21.1 Å². The maximum Gasteiger partial charge on any atom is 0.253 e. The maximum absolute atomic E-state index is 11.8. The Balaban J connectivity index is 1.94. The molecule has 2 heterocycles. The largest absolute Gasteiger partial charge is 0.373 e. The zero-order valence-electron chi connectivity index (χ0n) is 10.2. The predicted molar refractivity (Wildman–Crippen MR) is 71.8 cm³/mol. The van der Waals surface area contributed by atoms with Gasteiger partial charge in [0, 0.05) is 24.3 Å². The smallest absolute Gasteiger partial charge is 0.253 e. The van der Waals surface area contributed by atoms with Crippen molar-refractivity contribution in [2.75, 3.05) is 12.4 Å². The highest BCUT2D eigenvalue weighted by atomic mass is 32.1. The van der Waals surface area contributed by atoms with Crippen LogP contribution in [0.15, 0.2) is 23.7 Å². The minimum atomic E-state index is -0.141. The van der Waals surface area contributed by atoms with Crippen molar-refractivity contribution in [1.29, 1.82) is 0 Å². The summed E-state index contributed by atoms with van der Waals surface area (Å²) in [6.45, 7) is 2.38. The summed E-state index contributed by atoms with van der Waals surface area (Å²) in [5.41, 5.74) is 1.52. The second-order valence-corrected chi connectivity index (χ2v) is 4.69. The van der Waals surface area contributed by atoms with Crippen LogP contribution < -0.4 is 10.6 Å². The second kappa shape index (κ2) is 5.59. The SMILES string of the molecule is CNc1ccc(C(=O)NCc2nc(C)cs2)cn1. The number of aryl methyl sites for hydroxylation is 1. The summed E-state index contributed by atoms with van der Waals surface area (Å²) in [6.07, 6.45) is 1.55. The van der Waals surface area contributed by atoms with E-state index >= 15 is 0 Å². The Kier molecular flexibility index (Phi) is 3.88. The molecular formula is C12H14N4OS. The van der Waals surface area contributed by atoms with Crippen LogP contribution in [0.3, 0.4) is 0 Å². The minimum absolute atomic E-state index is 0.141. The predicted octanol–water partition coefficient (Wildman–Crippen LogP) is 1.82. The lowest BCUT2D eigenvalue weighted by molar-refractivity contribution is 0.0950. The van der Waals surface area contributed by atoms with Gasteiger partial charge >= 0.3 is 0 Å². The van der Waals surface area contributed by atoms with Gasteiger partial charge in [0.25, 0.3) is 5.91 Å². The quantitative estimate of drug-likeness (QED) is 0.882. The molecule has 5 nitrogen and oxygen atoms in total. The van der Waals surface area contributed by atoms with E-state index in [4.69, 9.17) is 0 Å². The summed E-state index contributed by atoms with van der Waals surface area (Å²) >= 11 is 1.54. The average molecular weight is 262 g/mol. The third kappa shape index (κ3) is 3.04. The van der Waals surface area contributed by atoms with Crippen LogP contribution >= 0.6 is 11.3 Å². The van der Waals surface area contributed by atoms with Gasteiger partial charge in [-0.05, 0) is 19.1 Å². The molecular weight excluding hydrogens is 248 g/mol. The number of rotatable bonds is 4. The number of pyridine rings is 1. The van der Waals surface area contributed by atoms with Crippen LogP contribution in [0.2, 0.25) is 0 Å². The number of nitrogens with one attached hydrogen (secondary N) is 2. The molecule has 0 fully saturated rings. The molecule has 94 valence electrons. The Labute approximate surface area is 109 Å². The van der Waals surface area contributed by atoms with Crippen molar-refractivity contribution in [1.82, 2.24) is 15.3 Å². The maximum atomic E-state index is 11.8. The number of nitrogens with zero attached hydrogens (tertiary/aromatic N) is 2. The number of amides is 1. The number of aromatic nitrogens is 2. The molecule has 0 aliphatic heterocycles. The monoisotopic (exact) mass is 262 g/mol. The fraction of sp³-hybridized carbons (Fsp3) is 0.250. The van der Waals surface area contributed by atoms with Crippen LogP contribution in [0.5, 0.6) is 0 Å². The van der Waals surface area contributed by atoms with Crippen molar-refractivity contribution < 1.29 is 4.79 Å². The van der Waals surface area contributed by atoms with Crippen molar-refractivity contribution in [2.45, 2.75) is 13.5 Å². The fourth-order valence-electron chi connectivity index (χ4n) is 1.42.